The second-order valence-electron chi connectivity index (χ2n) is 5.85. The smallest absolute Gasteiger partial charge is 0.282 e. The summed E-state index contributed by atoms with van der Waals surface area (Å²) >= 11 is 7.55. The van der Waals surface area contributed by atoms with E-state index in [0.29, 0.717) is 10.6 Å². The van der Waals surface area contributed by atoms with Crippen LogP contribution in [0.1, 0.15) is 16.5 Å². The van der Waals surface area contributed by atoms with E-state index in [1.807, 2.05) is 17.5 Å². The van der Waals surface area contributed by atoms with Crippen LogP contribution in [0.5, 0.6) is 0 Å². The van der Waals surface area contributed by atoms with Crippen LogP contribution in [0.15, 0.2) is 66.5 Å². The Balaban J connectivity index is 1.48. The molecule has 0 radical (unpaired) electrons. The van der Waals surface area contributed by atoms with Crippen molar-refractivity contribution in [2.24, 2.45) is 0 Å². The molecule has 0 bridgehead atoms. The van der Waals surface area contributed by atoms with E-state index in [9.17, 15) is 14.9 Å². The number of benzene rings is 1. The number of urea groups is 1. The molecule has 0 fully saturated rings. The fourth-order valence-electron chi connectivity index (χ4n) is 2.65. The number of thioether (sulfide) groups is 1. The molecule has 1 aliphatic rings. The van der Waals surface area contributed by atoms with Crippen LogP contribution < -0.4 is 5.48 Å². The summed E-state index contributed by atoms with van der Waals surface area (Å²) in [6.07, 6.45) is 8.67. The number of hydrogen-bond acceptors (Lipinski definition) is 6. The fourth-order valence-corrected chi connectivity index (χ4v) is 3.86. The first-order valence-corrected chi connectivity index (χ1v) is 9.89. The molecule has 1 N–H and O–H groups in total. The number of pyridine rings is 1. The van der Waals surface area contributed by atoms with Crippen molar-refractivity contribution in [2.45, 2.75) is 11.8 Å². The van der Waals surface area contributed by atoms with Crippen molar-refractivity contribution in [3.05, 3.63) is 92.7 Å². The molecule has 1 atom stereocenters. The van der Waals surface area contributed by atoms with Gasteiger partial charge in [-0.15, -0.1) is 11.8 Å². The second-order valence-corrected chi connectivity index (χ2v) is 7.25. The minimum atomic E-state index is -0.466. The number of amides is 2. The van der Waals surface area contributed by atoms with E-state index < -0.39 is 11.0 Å². The molecule has 1 aromatic heterocycles. The summed E-state index contributed by atoms with van der Waals surface area (Å²) in [5, 5.41) is 13.1. The molecule has 1 unspecified atom stereocenters. The zero-order chi connectivity index (χ0) is 20.6. The lowest BCUT2D eigenvalue weighted by atomic mass is 10.1. The lowest BCUT2D eigenvalue weighted by molar-refractivity contribution is -0.385. The van der Waals surface area contributed by atoms with Gasteiger partial charge in [-0.05, 0) is 35.6 Å². The zero-order valence-corrected chi connectivity index (χ0v) is 16.7. The maximum Gasteiger partial charge on any atom is 0.346 e. The minimum absolute atomic E-state index is 0.0307. The first-order chi connectivity index (χ1) is 14.1. The van der Waals surface area contributed by atoms with Crippen LogP contribution in [-0.2, 0) is 11.3 Å². The van der Waals surface area contributed by atoms with Crippen LogP contribution in [0.3, 0.4) is 0 Å². The predicted molar refractivity (Wildman–Crippen MR) is 111 cm³/mol. The van der Waals surface area contributed by atoms with Crippen molar-refractivity contribution < 1.29 is 14.6 Å². The van der Waals surface area contributed by atoms with Gasteiger partial charge in [0.15, 0.2) is 0 Å². The molecule has 2 aromatic rings. The molecule has 2 amide bonds. The summed E-state index contributed by atoms with van der Waals surface area (Å²) in [5.74, 6) is 0. The van der Waals surface area contributed by atoms with Gasteiger partial charge >= 0.3 is 6.03 Å². The molecule has 2 heterocycles. The fraction of sp³-hybridized carbons (Fsp3) is 0.158. The molecule has 3 rings (SSSR count). The quantitative estimate of drug-likeness (QED) is 0.297. The van der Waals surface area contributed by atoms with Crippen LogP contribution in [0.4, 0.5) is 10.5 Å². The van der Waals surface area contributed by atoms with Crippen molar-refractivity contribution in [2.75, 3.05) is 6.61 Å². The molecular weight excluding hydrogens is 416 g/mol. The van der Waals surface area contributed by atoms with Gasteiger partial charge in [-0.25, -0.2) is 10.3 Å². The number of carbonyl (C=O) groups is 1. The number of carbonyl (C=O) groups excluding carboxylic acids is 1. The summed E-state index contributed by atoms with van der Waals surface area (Å²) in [6, 6.07) is 7.85. The SMILES string of the molecule is O=C(NOCC=CCc1c(Cl)cccc1[N+](=O)[O-])N1C=CSC1c1ccncc1. The van der Waals surface area contributed by atoms with E-state index in [0.717, 1.165) is 5.56 Å². The molecule has 10 heteroatoms. The van der Waals surface area contributed by atoms with Gasteiger partial charge in [0, 0.05) is 24.7 Å². The van der Waals surface area contributed by atoms with E-state index in [1.165, 1.54) is 28.8 Å². The number of halogens is 1. The van der Waals surface area contributed by atoms with Crippen LogP contribution in [0, 0.1) is 10.1 Å². The molecule has 0 aliphatic carbocycles. The lowest BCUT2D eigenvalue weighted by Gasteiger charge is -2.22. The van der Waals surface area contributed by atoms with Crippen LogP contribution in [0.2, 0.25) is 5.02 Å². The Hall–Kier alpha value is -2.88. The summed E-state index contributed by atoms with van der Waals surface area (Å²) in [4.78, 5) is 33.6. The summed E-state index contributed by atoms with van der Waals surface area (Å²) in [5.41, 5.74) is 3.73. The maximum atomic E-state index is 12.3. The number of nitro groups is 1. The number of allylic oxidation sites excluding steroid dienone is 1. The molecule has 150 valence electrons. The summed E-state index contributed by atoms with van der Waals surface area (Å²) in [6.45, 7) is 0.106. The number of nitrogens with one attached hydrogen (secondary N) is 1. The summed E-state index contributed by atoms with van der Waals surface area (Å²) < 4.78 is 0. The lowest BCUT2D eigenvalue weighted by Crippen LogP contribution is -2.36. The maximum absolute atomic E-state index is 12.3. The molecule has 1 aromatic carbocycles. The largest absolute Gasteiger partial charge is 0.346 e. The highest BCUT2D eigenvalue weighted by molar-refractivity contribution is 8.02. The third kappa shape index (κ3) is 5.35. The van der Waals surface area contributed by atoms with Crippen LogP contribution in [-0.4, -0.2) is 27.4 Å². The van der Waals surface area contributed by atoms with Gasteiger partial charge in [-0.2, -0.15) is 0 Å². The monoisotopic (exact) mass is 432 g/mol. The number of nitro benzene ring substituents is 1. The molecule has 0 saturated heterocycles. The first kappa shape index (κ1) is 20.8. The van der Waals surface area contributed by atoms with E-state index in [4.69, 9.17) is 16.4 Å². The van der Waals surface area contributed by atoms with Gasteiger partial charge in [0.05, 0.1) is 22.1 Å². The van der Waals surface area contributed by atoms with Gasteiger partial charge in [-0.1, -0.05) is 29.8 Å². The van der Waals surface area contributed by atoms with Crippen molar-refractivity contribution in [3.63, 3.8) is 0 Å². The Morgan fingerprint density at radius 1 is 1.34 bits per heavy atom. The average Bonchev–Trinajstić information content (AvgIpc) is 3.22. The first-order valence-electron chi connectivity index (χ1n) is 8.57. The van der Waals surface area contributed by atoms with Crippen molar-refractivity contribution in [1.29, 1.82) is 0 Å². The molecule has 0 spiro atoms. The number of aromatic nitrogens is 1. The average molecular weight is 433 g/mol. The molecular formula is C19H17ClN4O4S. The van der Waals surface area contributed by atoms with Crippen molar-refractivity contribution in [1.82, 2.24) is 15.4 Å². The normalized spacial score (nSPS) is 15.8. The Morgan fingerprint density at radius 3 is 2.90 bits per heavy atom. The molecule has 1 aliphatic heterocycles. The van der Waals surface area contributed by atoms with Crippen molar-refractivity contribution in [3.8, 4) is 0 Å². The Bertz CT molecular complexity index is 939. The van der Waals surface area contributed by atoms with Crippen molar-refractivity contribution >= 4 is 35.1 Å². The predicted octanol–water partition coefficient (Wildman–Crippen LogP) is 4.60. The topological polar surface area (TPSA) is 97.6 Å². The standard InChI is InChI=1S/C19H17ClN4O4S/c20-16-5-3-6-17(24(26)27)15(16)4-1-2-12-28-22-19(25)23-11-13-29-18(23)14-7-9-21-10-8-14/h1-3,5-11,13,18H,4,12H2,(H,22,25). The highest BCUT2D eigenvalue weighted by atomic mass is 35.5. The van der Waals surface area contributed by atoms with E-state index in [-0.39, 0.29) is 24.1 Å². The third-order valence-corrected chi connectivity index (χ3v) is 5.42. The Labute approximate surface area is 176 Å². The third-order valence-electron chi connectivity index (χ3n) is 4.03. The summed E-state index contributed by atoms with van der Waals surface area (Å²) in [7, 11) is 0. The highest BCUT2D eigenvalue weighted by Gasteiger charge is 2.27. The minimum Gasteiger partial charge on any atom is -0.282 e. The highest BCUT2D eigenvalue weighted by Crippen LogP contribution is 2.38. The Morgan fingerprint density at radius 2 is 2.14 bits per heavy atom. The van der Waals surface area contributed by atoms with Gasteiger partial charge in [0.1, 0.15) is 5.37 Å². The van der Waals surface area contributed by atoms with Gasteiger partial charge in [-0.3, -0.25) is 24.8 Å². The number of rotatable bonds is 7. The van der Waals surface area contributed by atoms with Crippen LogP contribution >= 0.6 is 23.4 Å². The number of nitrogens with zero attached hydrogens (tertiary/aromatic N) is 3. The zero-order valence-electron chi connectivity index (χ0n) is 15.1. The van der Waals surface area contributed by atoms with Gasteiger partial charge in [0.2, 0.25) is 0 Å². The number of hydroxylamine groups is 1. The molecule has 0 saturated carbocycles. The van der Waals surface area contributed by atoms with Gasteiger partial charge < -0.3 is 0 Å². The van der Waals surface area contributed by atoms with E-state index in [2.05, 4.69) is 10.5 Å². The Kier molecular flexibility index (Phi) is 7.23. The van der Waals surface area contributed by atoms with Gasteiger partial charge in [0.25, 0.3) is 5.69 Å². The van der Waals surface area contributed by atoms with E-state index in [1.54, 1.807) is 36.8 Å². The molecule has 29 heavy (non-hydrogen) atoms. The van der Waals surface area contributed by atoms with E-state index >= 15 is 0 Å². The number of hydrogen-bond donors (Lipinski definition) is 1. The molecule has 8 nitrogen and oxygen atoms in total. The van der Waals surface area contributed by atoms with Crippen LogP contribution in [0.25, 0.3) is 0 Å². The second kappa shape index (κ2) is 10.1.